The van der Waals surface area contributed by atoms with Gasteiger partial charge in [0.1, 0.15) is 0 Å². The first kappa shape index (κ1) is 16.2. The molecule has 0 radical (unpaired) electrons. The lowest BCUT2D eigenvalue weighted by molar-refractivity contribution is -0.117. The van der Waals surface area contributed by atoms with Gasteiger partial charge in [0.05, 0.1) is 16.6 Å². The van der Waals surface area contributed by atoms with Gasteiger partial charge in [0.2, 0.25) is 5.91 Å². The molecule has 124 valence electrons. The second-order valence-electron chi connectivity index (χ2n) is 5.50. The zero-order valence-electron chi connectivity index (χ0n) is 13.5. The van der Waals surface area contributed by atoms with Crippen molar-refractivity contribution in [1.82, 2.24) is 9.97 Å². The molecule has 0 fully saturated rings. The predicted octanol–water partition coefficient (Wildman–Crippen LogP) is 4.79. The molecular formula is C19H15N3OS2. The van der Waals surface area contributed by atoms with Crippen molar-refractivity contribution in [2.45, 2.75) is 27.1 Å². The standard InChI is InChI=1S/C19H15N3OS2/c1-13(24-19-20-11-6-12-21-19)18(23)22-14-7-2-4-9-16(14)25-17-10-5-3-8-15(17)22/h2-13H,1H3. The number of hydrogen-bond donors (Lipinski definition) is 0. The minimum atomic E-state index is -0.299. The quantitative estimate of drug-likeness (QED) is 0.493. The highest BCUT2D eigenvalue weighted by Crippen LogP contribution is 2.48. The van der Waals surface area contributed by atoms with Gasteiger partial charge in [0, 0.05) is 22.2 Å². The highest BCUT2D eigenvalue weighted by Gasteiger charge is 2.31. The molecule has 0 saturated heterocycles. The molecule has 0 saturated carbocycles. The summed E-state index contributed by atoms with van der Waals surface area (Å²) in [6.07, 6.45) is 3.38. The number of hydrogen-bond acceptors (Lipinski definition) is 5. The smallest absolute Gasteiger partial charge is 0.244 e. The van der Waals surface area contributed by atoms with E-state index in [0.29, 0.717) is 5.16 Å². The summed E-state index contributed by atoms with van der Waals surface area (Å²) < 4.78 is 0. The summed E-state index contributed by atoms with van der Waals surface area (Å²) >= 11 is 3.07. The van der Waals surface area contributed by atoms with Gasteiger partial charge in [-0.05, 0) is 37.3 Å². The zero-order chi connectivity index (χ0) is 17.2. The first-order valence-corrected chi connectivity index (χ1v) is 9.57. The Morgan fingerprint density at radius 3 is 2.12 bits per heavy atom. The Balaban J connectivity index is 1.70. The van der Waals surface area contributed by atoms with Gasteiger partial charge in [0.15, 0.2) is 5.16 Å². The number of nitrogens with zero attached hydrogens (tertiary/aromatic N) is 3. The van der Waals surface area contributed by atoms with Crippen LogP contribution in [0.3, 0.4) is 0 Å². The number of anilines is 2. The molecule has 0 bridgehead atoms. The van der Waals surface area contributed by atoms with Crippen molar-refractivity contribution in [2.75, 3.05) is 4.90 Å². The van der Waals surface area contributed by atoms with Crippen LogP contribution in [0.2, 0.25) is 0 Å². The molecule has 0 spiro atoms. The number of thioether (sulfide) groups is 1. The maximum Gasteiger partial charge on any atom is 0.244 e. The summed E-state index contributed by atoms with van der Waals surface area (Å²) in [4.78, 5) is 25.7. The molecule has 1 aromatic heterocycles. The van der Waals surface area contributed by atoms with Gasteiger partial charge in [-0.1, -0.05) is 47.8 Å². The highest BCUT2D eigenvalue weighted by molar-refractivity contribution is 8.00. The van der Waals surface area contributed by atoms with E-state index in [4.69, 9.17) is 0 Å². The Morgan fingerprint density at radius 2 is 1.52 bits per heavy atom. The molecule has 0 aliphatic carbocycles. The van der Waals surface area contributed by atoms with E-state index in [1.807, 2.05) is 60.4 Å². The maximum atomic E-state index is 13.3. The van der Waals surface area contributed by atoms with Crippen molar-refractivity contribution in [3.63, 3.8) is 0 Å². The molecule has 1 aliphatic heterocycles. The fourth-order valence-electron chi connectivity index (χ4n) is 2.68. The molecule has 0 N–H and O–H groups in total. The molecule has 6 heteroatoms. The molecule has 25 heavy (non-hydrogen) atoms. The third kappa shape index (κ3) is 3.15. The third-order valence-electron chi connectivity index (χ3n) is 3.82. The average molecular weight is 365 g/mol. The van der Waals surface area contributed by atoms with Crippen molar-refractivity contribution >= 4 is 40.8 Å². The van der Waals surface area contributed by atoms with Crippen molar-refractivity contribution in [3.8, 4) is 0 Å². The van der Waals surface area contributed by atoms with Crippen molar-refractivity contribution in [1.29, 1.82) is 0 Å². The number of rotatable bonds is 3. The number of amides is 1. The molecule has 1 aliphatic rings. The Labute approximate surface area is 154 Å². The van der Waals surface area contributed by atoms with E-state index in [1.54, 1.807) is 30.2 Å². The summed E-state index contributed by atoms with van der Waals surface area (Å²) in [5, 5.41) is 0.308. The van der Waals surface area contributed by atoms with Crippen LogP contribution in [0, 0.1) is 0 Å². The van der Waals surface area contributed by atoms with Crippen LogP contribution in [0.25, 0.3) is 0 Å². The SMILES string of the molecule is CC(Sc1ncccn1)C(=O)N1c2ccccc2Sc2ccccc21. The first-order chi connectivity index (χ1) is 12.2. The van der Waals surface area contributed by atoms with Crippen molar-refractivity contribution in [3.05, 3.63) is 67.0 Å². The van der Waals surface area contributed by atoms with Crippen LogP contribution in [0.4, 0.5) is 11.4 Å². The number of aromatic nitrogens is 2. The van der Waals surface area contributed by atoms with Crippen molar-refractivity contribution in [2.24, 2.45) is 0 Å². The van der Waals surface area contributed by atoms with Gasteiger partial charge in [-0.3, -0.25) is 9.69 Å². The van der Waals surface area contributed by atoms with Crippen LogP contribution in [-0.4, -0.2) is 21.1 Å². The van der Waals surface area contributed by atoms with Crippen LogP contribution in [0.15, 0.2) is 81.9 Å². The minimum absolute atomic E-state index is 0.0256. The molecule has 3 aromatic rings. The fraction of sp³-hybridized carbons (Fsp3) is 0.105. The van der Waals surface area contributed by atoms with Crippen LogP contribution < -0.4 is 4.90 Å². The highest BCUT2D eigenvalue weighted by atomic mass is 32.2. The van der Waals surface area contributed by atoms with E-state index >= 15 is 0 Å². The molecule has 2 aromatic carbocycles. The summed E-state index contributed by atoms with van der Waals surface area (Å²) in [5.41, 5.74) is 1.86. The average Bonchev–Trinajstić information content (AvgIpc) is 2.66. The summed E-state index contributed by atoms with van der Waals surface area (Å²) in [6.45, 7) is 1.90. The number of carbonyl (C=O) groups excluding carboxylic acids is 1. The molecule has 1 amide bonds. The lowest BCUT2D eigenvalue weighted by Gasteiger charge is -2.32. The lowest BCUT2D eigenvalue weighted by Crippen LogP contribution is -2.34. The molecule has 1 atom stereocenters. The van der Waals surface area contributed by atoms with E-state index in [1.165, 1.54) is 11.8 Å². The van der Waals surface area contributed by atoms with Gasteiger partial charge in [-0.15, -0.1) is 0 Å². The topological polar surface area (TPSA) is 46.1 Å². The van der Waals surface area contributed by atoms with Crippen LogP contribution in [0.5, 0.6) is 0 Å². The number of fused-ring (bicyclic) bond motifs is 2. The second kappa shape index (κ2) is 6.90. The van der Waals surface area contributed by atoms with E-state index < -0.39 is 0 Å². The Bertz CT molecular complexity index is 872. The Kier molecular flexibility index (Phi) is 4.46. The van der Waals surface area contributed by atoms with Gasteiger partial charge in [0.25, 0.3) is 0 Å². The van der Waals surface area contributed by atoms with E-state index in [0.717, 1.165) is 21.2 Å². The summed E-state index contributed by atoms with van der Waals surface area (Å²) in [6, 6.07) is 17.8. The van der Waals surface area contributed by atoms with Gasteiger partial charge in [-0.25, -0.2) is 9.97 Å². The van der Waals surface area contributed by atoms with Crippen LogP contribution in [0.1, 0.15) is 6.92 Å². The fourth-order valence-corrected chi connectivity index (χ4v) is 4.50. The molecule has 4 nitrogen and oxygen atoms in total. The van der Waals surface area contributed by atoms with Crippen molar-refractivity contribution < 1.29 is 4.79 Å². The number of para-hydroxylation sites is 2. The maximum absolute atomic E-state index is 13.3. The van der Waals surface area contributed by atoms with Crippen LogP contribution >= 0.6 is 23.5 Å². The lowest BCUT2D eigenvalue weighted by atomic mass is 10.2. The number of benzene rings is 2. The molecule has 2 heterocycles. The first-order valence-electron chi connectivity index (χ1n) is 7.87. The van der Waals surface area contributed by atoms with Gasteiger partial charge >= 0.3 is 0 Å². The Hall–Kier alpha value is -2.31. The molecular weight excluding hydrogens is 350 g/mol. The monoisotopic (exact) mass is 365 g/mol. The van der Waals surface area contributed by atoms with E-state index in [2.05, 4.69) is 9.97 Å². The predicted molar refractivity (Wildman–Crippen MR) is 102 cm³/mol. The number of carbonyl (C=O) groups is 1. The zero-order valence-corrected chi connectivity index (χ0v) is 15.1. The molecule has 4 rings (SSSR count). The van der Waals surface area contributed by atoms with Gasteiger partial charge in [-0.2, -0.15) is 0 Å². The van der Waals surface area contributed by atoms with Gasteiger partial charge < -0.3 is 0 Å². The normalized spacial score (nSPS) is 13.7. The minimum Gasteiger partial charge on any atom is -0.278 e. The van der Waals surface area contributed by atoms with E-state index in [-0.39, 0.29) is 11.2 Å². The largest absolute Gasteiger partial charge is 0.278 e. The van der Waals surface area contributed by atoms with E-state index in [9.17, 15) is 4.79 Å². The summed E-state index contributed by atoms with van der Waals surface area (Å²) in [7, 11) is 0. The molecule has 1 unspecified atom stereocenters. The third-order valence-corrected chi connectivity index (χ3v) is 5.93. The summed E-state index contributed by atoms with van der Waals surface area (Å²) in [5.74, 6) is 0.0256. The Morgan fingerprint density at radius 1 is 0.960 bits per heavy atom. The second-order valence-corrected chi connectivity index (χ2v) is 7.89. The van der Waals surface area contributed by atoms with Crippen LogP contribution in [-0.2, 0) is 4.79 Å².